The number of carbonyl (C=O) groups excluding carboxylic acids is 1. The highest BCUT2D eigenvalue weighted by molar-refractivity contribution is 7.88. The standard InChI is InChI=1S/C17H28N2O6S/c1-13-4-6-14(7-5-13)15-12-16(17(20)25-11-10-24-3)19(8-9-23-2)26(21,22)18-15/h12-14H,4-11H2,1-3H3. The van der Waals surface area contributed by atoms with Crippen LogP contribution in [0.3, 0.4) is 0 Å². The van der Waals surface area contributed by atoms with Gasteiger partial charge in [0.1, 0.15) is 12.3 Å². The molecule has 8 nitrogen and oxygen atoms in total. The van der Waals surface area contributed by atoms with E-state index in [0.717, 1.165) is 30.0 Å². The van der Waals surface area contributed by atoms with Gasteiger partial charge in [-0.15, -0.1) is 4.40 Å². The maximum atomic E-state index is 12.7. The summed E-state index contributed by atoms with van der Waals surface area (Å²) in [5.41, 5.74) is 0.436. The Morgan fingerprint density at radius 1 is 1.15 bits per heavy atom. The summed E-state index contributed by atoms with van der Waals surface area (Å²) in [5.74, 6) is -0.0154. The van der Waals surface area contributed by atoms with Crippen molar-refractivity contribution >= 4 is 21.9 Å². The van der Waals surface area contributed by atoms with Crippen LogP contribution in [0.15, 0.2) is 16.2 Å². The molecule has 2 rings (SSSR count). The van der Waals surface area contributed by atoms with E-state index < -0.39 is 16.2 Å². The van der Waals surface area contributed by atoms with E-state index >= 15 is 0 Å². The van der Waals surface area contributed by atoms with Crippen LogP contribution in [-0.4, -0.2) is 65.0 Å². The van der Waals surface area contributed by atoms with Crippen LogP contribution < -0.4 is 0 Å². The first-order valence-electron chi connectivity index (χ1n) is 8.88. The minimum Gasteiger partial charge on any atom is -0.459 e. The van der Waals surface area contributed by atoms with Crippen molar-refractivity contribution in [2.45, 2.75) is 32.6 Å². The lowest BCUT2D eigenvalue weighted by Gasteiger charge is -2.31. The molecule has 0 unspecified atom stereocenters. The molecule has 26 heavy (non-hydrogen) atoms. The van der Waals surface area contributed by atoms with Crippen molar-refractivity contribution in [1.29, 1.82) is 0 Å². The predicted octanol–water partition coefficient (Wildman–Crippen LogP) is 1.53. The fourth-order valence-corrected chi connectivity index (χ4v) is 4.40. The summed E-state index contributed by atoms with van der Waals surface area (Å²) in [6, 6.07) is 0. The van der Waals surface area contributed by atoms with Gasteiger partial charge in [0, 0.05) is 20.1 Å². The van der Waals surface area contributed by atoms with Crippen molar-refractivity contribution in [2.24, 2.45) is 16.2 Å². The van der Waals surface area contributed by atoms with E-state index in [1.807, 2.05) is 0 Å². The molecule has 1 aliphatic heterocycles. The molecule has 148 valence electrons. The topological polar surface area (TPSA) is 94.5 Å². The zero-order chi connectivity index (χ0) is 19.2. The highest BCUT2D eigenvalue weighted by atomic mass is 32.2. The second-order valence-electron chi connectivity index (χ2n) is 6.67. The number of nitrogens with zero attached hydrogens (tertiary/aromatic N) is 2. The summed E-state index contributed by atoms with van der Waals surface area (Å²) in [4.78, 5) is 12.5. The highest BCUT2D eigenvalue weighted by Crippen LogP contribution is 2.32. The molecule has 0 N–H and O–H groups in total. The van der Waals surface area contributed by atoms with Gasteiger partial charge in [-0.05, 0) is 24.8 Å². The third kappa shape index (κ3) is 5.28. The molecule has 1 fully saturated rings. The largest absolute Gasteiger partial charge is 0.459 e. The Bertz CT molecular complexity index is 650. The maximum Gasteiger partial charge on any atom is 0.355 e. The summed E-state index contributed by atoms with van der Waals surface area (Å²) < 4.78 is 45.2. The average Bonchev–Trinajstić information content (AvgIpc) is 2.60. The number of hydrogen-bond donors (Lipinski definition) is 0. The third-order valence-corrected chi connectivity index (χ3v) is 6.09. The molecule has 0 aromatic heterocycles. The van der Waals surface area contributed by atoms with E-state index in [0.29, 0.717) is 11.6 Å². The summed E-state index contributed by atoms with van der Waals surface area (Å²) in [6.07, 6.45) is 5.36. The Morgan fingerprint density at radius 3 is 2.42 bits per heavy atom. The first-order chi connectivity index (χ1) is 12.4. The molecule has 0 aromatic rings. The highest BCUT2D eigenvalue weighted by Gasteiger charge is 2.35. The number of carbonyl (C=O) groups is 1. The van der Waals surface area contributed by atoms with Gasteiger partial charge < -0.3 is 14.2 Å². The number of allylic oxidation sites excluding steroid dienone is 1. The van der Waals surface area contributed by atoms with E-state index in [2.05, 4.69) is 11.3 Å². The van der Waals surface area contributed by atoms with Crippen LogP contribution in [0.1, 0.15) is 32.6 Å². The molecule has 1 aliphatic carbocycles. The molecule has 0 aromatic carbocycles. The van der Waals surface area contributed by atoms with Gasteiger partial charge in [-0.25, -0.2) is 9.10 Å². The molecule has 0 bridgehead atoms. The number of ether oxygens (including phenoxy) is 3. The van der Waals surface area contributed by atoms with Crippen molar-refractivity contribution < 1.29 is 27.4 Å². The van der Waals surface area contributed by atoms with Gasteiger partial charge >= 0.3 is 16.2 Å². The van der Waals surface area contributed by atoms with Gasteiger partial charge in [0.2, 0.25) is 0 Å². The number of hydrogen-bond acceptors (Lipinski definition) is 6. The van der Waals surface area contributed by atoms with E-state index in [1.165, 1.54) is 14.2 Å². The zero-order valence-corrected chi connectivity index (χ0v) is 16.5. The number of methoxy groups -OCH3 is 2. The van der Waals surface area contributed by atoms with Crippen molar-refractivity contribution in [3.05, 3.63) is 11.8 Å². The minimum absolute atomic E-state index is 0.00251. The smallest absolute Gasteiger partial charge is 0.355 e. The SMILES string of the molecule is COCCOC(=O)C1=CC(C2CCC(C)CC2)=NS(=O)(=O)N1CCOC. The fraction of sp³-hybridized carbons (Fsp3) is 0.765. The lowest BCUT2D eigenvalue weighted by molar-refractivity contribution is -0.141. The Kier molecular flexibility index (Phi) is 7.60. The molecule has 1 heterocycles. The van der Waals surface area contributed by atoms with E-state index in [-0.39, 0.29) is 38.0 Å². The van der Waals surface area contributed by atoms with Crippen LogP contribution in [0.2, 0.25) is 0 Å². The van der Waals surface area contributed by atoms with Crippen molar-refractivity contribution in [3.8, 4) is 0 Å². The summed E-state index contributed by atoms with van der Waals surface area (Å²) in [5, 5.41) is 0. The predicted molar refractivity (Wildman–Crippen MR) is 97.0 cm³/mol. The second kappa shape index (κ2) is 9.48. The van der Waals surface area contributed by atoms with Gasteiger partial charge in [0.15, 0.2) is 0 Å². The Balaban J connectivity index is 2.26. The normalized spacial score (nSPS) is 25.4. The van der Waals surface area contributed by atoms with Crippen LogP contribution in [0.4, 0.5) is 0 Å². The first kappa shape index (κ1) is 20.9. The van der Waals surface area contributed by atoms with Gasteiger partial charge in [-0.1, -0.05) is 19.8 Å². The average molecular weight is 388 g/mol. The molecule has 0 spiro atoms. The van der Waals surface area contributed by atoms with Gasteiger partial charge in [0.25, 0.3) is 0 Å². The Hall–Kier alpha value is -1.45. The lowest BCUT2D eigenvalue weighted by Crippen LogP contribution is -2.40. The molecule has 2 aliphatic rings. The summed E-state index contributed by atoms with van der Waals surface area (Å²) >= 11 is 0. The first-order valence-corrected chi connectivity index (χ1v) is 10.3. The van der Waals surface area contributed by atoms with Crippen LogP contribution in [0.5, 0.6) is 0 Å². The van der Waals surface area contributed by atoms with Crippen molar-refractivity contribution in [1.82, 2.24) is 4.31 Å². The third-order valence-electron chi connectivity index (χ3n) is 4.71. The van der Waals surface area contributed by atoms with E-state index in [1.54, 1.807) is 6.08 Å². The van der Waals surface area contributed by atoms with Crippen molar-refractivity contribution in [3.63, 3.8) is 0 Å². The van der Waals surface area contributed by atoms with Crippen molar-refractivity contribution in [2.75, 3.05) is 40.6 Å². The van der Waals surface area contributed by atoms with Crippen LogP contribution >= 0.6 is 0 Å². The monoisotopic (exact) mass is 388 g/mol. The number of esters is 1. The molecular formula is C17H28N2O6S. The zero-order valence-electron chi connectivity index (χ0n) is 15.6. The van der Waals surface area contributed by atoms with E-state index in [9.17, 15) is 13.2 Å². The fourth-order valence-electron chi connectivity index (χ4n) is 3.16. The lowest BCUT2D eigenvalue weighted by atomic mass is 9.80. The van der Waals surface area contributed by atoms with Gasteiger partial charge in [-0.2, -0.15) is 8.42 Å². The molecule has 9 heteroatoms. The van der Waals surface area contributed by atoms with Gasteiger partial charge in [-0.3, -0.25) is 0 Å². The Morgan fingerprint density at radius 2 is 1.81 bits per heavy atom. The molecular weight excluding hydrogens is 360 g/mol. The molecule has 0 atom stereocenters. The van der Waals surface area contributed by atoms with Crippen LogP contribution in [-0.2, 0) is 29.2 Å². The van der Waals surface area contributed by atoms with E-state index in [4.69, 9.17) is 14.2 Å². The van der Waals surface area contributed by atoms with Gasteiger partial charge in [0.05, 0.1) is 25.5 Å². The summed E-state index contributed by atoms with van der Waals surface area (Å²) in [7, 11) is -1.03. The minimum atomic E-state index is -3.99. The molecule has 0 radical (unpaired) electrons. The van der Waals surface area contributed by atoms with Crippen LogP contribution in [0, 0.1) is 11.8 Å². The second-order valence-corrected chi connectivity index (χ2v) is 8.19. The maximum absolute atomic E-state index is 12.7. The quantitative estimate of drug-likeness (QED) is 0.462. The molecule has 1 saturated carbocycles. The number of rotatable bonds is 8. The Labute approximate surface area is 155 Å². The summed E-state index contributed by atoms with van der Waals surface area (Å²) in [6.45, 7) is 2.64. The van der Waals surface area contributed by atoms with Crippen LogP contribution in [0.25, 0.3) is 0 Å². The molecule has 0 saturated heterocycles. The molecule has 0 amide bonds.